The monoisotopic (exact) mass is 164 g/mol. The lowest BCUT2D eigenvalue weighted by Crippen LogP contribution is -2.28. The third-order valence-electron chi connectivity index (χ3n) is 0.654. The number of hydrogen-bond acceptors (Lipinski definition) is 4. The van der Waals surface area contributed by atoms with E-state index in [1.54, 1.807) is 0 Å². The highest BCUT2D eigenvalue weighted by molar-refractivity contribution is 6.27. The van der Waals surface area contributed by atoms with E-state index in [-0.39, 0.29) is 6.17 Å². The van der Waals surface area contributed by atoms with Gasteiger partial charge in [-0.1, -0.05) is 6.92 Å². The number of hydrogen-bond donors (Lipinski definition) is 4. The molecular weight excluding hydrogens is 152 g/mol. The van der Waals surface area contributed by atoms with Gasteiger partial charge in [-0.3, -0.25) is 0 Å². The molecule has 11 heavy (non-hydrogen) atoms. The average molecular weight is 164 g/mol. The van der Waals surface area contributed by atoms with Crippen molar-refractivity contribution in [2.24, 2.45) is 11.5 Å². The number of carbonyl (C=O) groups is 2. The number of carboxylic acid groups (broad SMARTS) is 2. The van der Waals surface area contributed by atoms with Gasteiger partial charge in [-0.15, -0.1) is 0 Å². The van der Waals surface area contributed by atoms with Gasteiger partial charge in [0.05, 0.1) is 6.17 Å². The van der Waals surface area contributed by atoms with Gasteiger partial charge < -0.3 is 21.7 Å². The largest absolute Gasteiger partial charge is 0.473 e. The first-order chi connectivity index (χ1) is 4.91. The maximum atomic E-state index is 9.10. The molecule has 66 valence electrons. The Morgan fingerprint density at radius 3 is 1.45 bits per heavy atom. The van der Waals surface area contributed by atoms with Gasteiger partial charge >= 0.3 is 11.9 Å². The summed E-state index contributed by atoms with van der Waals surface area (Å²) in [5.41, 5.74) is 10.1. The number of carboxylic acids is 2. The molecule has 0 aliphatic rings. The molecule has 6 heteroatoms. The summed E-state index contributed by atoms with van der Waals surface area (Å²) in [5, 5.41) is 14.8. The summed E-state index contributed by atoms with van der Waals surface area (Å²) in [4.78, 5) is 18.2. The van der Waals surface area contributed by atoms with Gasteiger partial charge in [0, 0.05) is 0 Å². The standard InChI is InChI=1S/C3H10N2.C2H2O4/c1-2-3(4)5;3-1(4)2(5)6/h3H,2,4-5H2,1H3;(H,3,4)(H,5,6). The van der Waals surface area contributed by atoms with Crippen LogP contribution in [0, 0.1) is 0 Å². The molecule has 0 radical (unpaired) electrons. The van der Waals surface area contributed by atoms with Gasteiger partial charge in [-0.25, -0.2) is 9.59 Å². The first kappa shape index (κ1) is 12.5. The summed E-state index contributed by atoms with van der Waals surface area (Å²) >= 11 is 0. The number of rotatable bonds is 1. The quantitative estimate of drug-likeness (QED) is 0.284. The van der Waals surface area contributed by atoms with Crippen LogP contribution in [-0.2, 0) is 9.59 Å². The summed E-state index contributed by atoms with van der Waals surface area (Å²) in [6.07, 6.45) is 0.745. The first-order valence-electron chi connectivity index (χ1n) is 2.89. The SMILES string of the molecule is CCC(N)N.O=C(O)C(=O)O. The maximum Gasteiger partial charge on any atom is 0.414 e. The van der Waals surface area contributed by atoms with Crippen LogP contribution >= 0.6 is 0 Å². The molecule has 0 saturated carbocycles. The molecule has 0 aliphatic carbocycles. The lowest BCUT2D eigenvalue weighted by Gasteiger charge is -1.92. The van der Waals surface area contributed by atoms with Crippen LogP contribution in [0.5, 0.6) is 0 Å². The van der Waals surface area contributed by atoms with E-state index < -0.39 is 11.9 Å². The van der Waals surface area contributed by atoms with E-state index in [0.717, 1.165) is 6.42 Å². The minimum Gasteiger partial charge on any atom is -0.473 e. The second-order valence-corrected chi connectivity index (χ2v) is 1.68. The smallest absolute Gasteiger partial charge is 0.414 e. The zero-order valence-electron chi connectivity index (χ0n) is 6.15. The van der Waals surface area contributed by atoms with Crippen molar-refractivity contribution >= 4 is 11.9 Å². The molecule has 6 N–H and O–H groups in total. The fourth-order valence-corrected chi connectivity index (χ4v) is 0. The maximum absolute atomic E-state index is 9.10. The van der Waals surface area contributed by atoms with E-state index in [1.807, 2.05) is 6.92 Å². The van der Waals surface area contributed by atoms with Crippen molar-refractivity contribution in [2.45, 2.75) is 19.5 Å². The van der Waals surface area contributed by atoms with Crippen molar-refractivity contribution in [3.8, 4) is 0 Å². The van der Waals surface area contributed by atoms with Crippen LogP contribution in [0.25, 0.3) is 0 Å². The van der Waals surface area contributed by atoms with E-state index >= 15 is 0 Å². The zero-order valence-corrected chi connectivity index (χ0v) is 6.15. The molecule has 0 bridgehead atoms. The van der Waals surface area contributed by atoms with E-state index in [4.69, 9.17) is 31.3 Å². The molecular formula is C5H12N2O4. The molecule has 0 heterocycles. The fraction of sp³-hybridized carbons (Fsp3) is 0.600. The minimum absolute atomic E-state index is 0.116. The lowest BCUT2D eigenvalue weighted by molar-refractivity contribution is -0.159. The van der Waals surface area contributed by atoms with Crippen LogP contribution in [0.15, 0.2) is 0 Å². The predicted molar refractivity (Wildman–Crippen MR) is 37.7 cm³/mol. The molecule has 0 fully saturated rings. The summed E-state index contributed by atoms with van der Waals surface area (Å²) in [6.45, 7) is 1.95. The van der Waals surface area contributed by atoms with E-state index in [1.165, 1.54) is 0 Å². The van der Waals surface area contributed by atoms with Gasteiger partial charge in [0.2, 0.25) is 0 Å². The Morgan fingerprint density at radius 2 is 1.45 bits per heavy atom. The second-order valence-electron chi connectivity index (χ2n) is 1.68. The van der Waals surface area contributed by atoms with Gasteiger partial charge in [0.25, 0.3) is 0 Å². The minimum atomic E-state index is -1.82. The van der Waals surface area contributed by atoms with Crippen LogP contribution in [0.4, 0.5) is 0 Å². The third kappa shape index (κ3) is 17.7. The van der Waals surface area contributed by atoms with Crippen molar-refractivity contribution < 1.29 is 19.8 Å². The molecule has 0 amide bonds. The van der Waals surface area contributed by atoms with Crippen molar-refractivity contribution in [3.63, 3.8) is 0 Å². The molecule has 0 unspecified atom stereocenters. The first-order valence-corrected chi connectivity index (χ1v) is 2.89. The number of aliphatic carboxylic acids is 2. The van der Waals surface area contributed by atoms with Crippen molar-refractivity contribution in [2.75, 3.05) is 0 Å². The molecule has 0 atom stereocenters. The zero-order chi connectivity index (χ0) is 9.44. The third-order valence-corrected chi connectivity index (χ3v) is 0.654. The molecule has 0 aromatic rings. The molecule has 0 aromatic heterocycles. The summed E-state index contributed by atoms with van der Waals surface area (Å²) in [6, 6.07) is 0. The lowest BCUT2D eigenvalue weighted by atomic mass is 10.4. The van der Waals surface area contributed by atoms with Crippen LogP contribution in [0.3, 0.4) is 0 Å². The Bertz CT molecular complexity index is 122. The Hall–Kier alpha value is -1.14. The normalized spacial score (nSPS) is 8.36. The Labute approximate surface area is 63.8 Å². The Kier molecular flexibility index (Phi) is 7.94. The topological polar surface area (TPSA) is 127 Å². The highest BCUT2D eigenvalue weighted by atomic mass is 16.4. The molecule has 6 nitrogen and oxygen atoms in total. The van der Waals surface area contributed by atoms with Gasteiger partial charge in [-0.05, 0) is 6.42 Å². The van der Waals surface area contributed by atoms with Crippen molar-refractivity contribution in [1.29, 1.82) is 0 Å². The second kappa shape index (κ2) is 6.97. The van der Waals surface area contributed by atoms with Crippen molar-refractivity contribution in [1.82, 2.24) is 0 Å². The Morgan fingerprint density at radius 1 is 1.27 bits per heavy atom. The van der Waals surface area contributed by atoms with Crippen LogP contribution < -0.4 is 11.5 Å². The fourth-order valence-electron chi connectivity index (χ4n) is 0. The van der Waals surface area contributed by atoms with Gasteiger partial charge in [-0.2, -0.15) is 0 Å². The molecule has 0 aliphatic heterocycles. The Balaban J connectivity index is 0. The summed E-state index contributed by atoms with van der Waals surface area (Å²) in [7, 11) is 0. The number of nitrogens with two attached hydrogens (primary N) is 2. The molecule has 0 aromatic carbocycles. The van der Waals surface area contributed by atoms with Gasteiger partial charge in [0.15, 0.2) is 0 Å². The molecule has 0 saturated heterocycles. The van der Waals surface area contributed by atoms with E-state index in [2.05, 4.69) is 0 Å². The molecule has 0 rings (SSSR count). The summed E-state index contributed by atoms with van der Waals surface area (Å²) < 4.78 is 0. The molecule has 0 spiro atoms. The van der Waals surface area contributed by atoms with Crippen LogP contribution in [0.1, 0.15) is 13.3 Å². The van der Waals surface area contributed by atoms with Crippen molar-refractivity contribution in [3.05, 3.63) is 0 Å². The van der Waals surface area contributed by atoms with Crippen LogP contribution in [0.2, 0.25) is 0 Å². The predicted octanol–water partition coefficient (Wildman–Crippen LogP) is -1.20. The van der Waals surface area contributed by atoms with Crippen LogP contribution in [-0.4, -0.2) is 28.3 Å². The highest BCUT2D eigenvalue weighted by Gasteiger charge is 2.04. The van der Waals surface area contributed by atoms with Gasteiger partial charge in [0.1, 0.15) is 0 Å². The average Bonchev–Trinajstić information content (AvgIpc) is 1.89. The summed E-state index contributed by atoms with van der Waals surface area (Å²) in [5.74, 6) is -3.65. The van der Waals surface area contributed by atoms with E-state index in [9.17, 15) is 0 Å². The van der Waals surface area contributed by atoms with E-state index in [0.29, 0.717) is 0 Å². The highest BCUT2D eigenvalue weighted by Crippen LogP contribution is 1.68.